The number of aliphatic hydroxyl groups excluding tert-OH is 1. The van der Waals surface area contributed by atoms with Gasteiger partial charge in [0.25, 0.3) is 0 Å². The number of carbonyl (C=O) groups excluding carboxylic acids is 1. The van der Waals surface area contributed by atoms with Gasteiger partial charge in [0.1, 0.15) is 0 Å². The minimum Gasteiger partial charge on any atom is -0.395 e. The van der Waals surface area contributed by atoms with Crippen LogP contribution in [0.25, 0.3) is 0 Å². The molecule has 2 N–H and O–H groups in total. The number of amides is 1. The molecule has 0 bridgehead atoms. The molecule has 1 fully saturated rings. The van der Waals surface area contributed by atoms with Crippen LogP contribution in [-0.2, 0) is 11.2 Å². The zero-order valence-electron chi connectivity index (χ0n) is 11.8. The average molecular weight is 261 g/mol. The fraction of sp³-hybridized carbons (Fsp3) is 0.562. The van der Waals surface area contributed by atoms with Crippen molar-refractivity contribution in [2.24, 2.45) is 5.41 Å². The van der Waals surface area contributed by atoms with Gasteiger partial charge in [0.2, 0.25) is 5.91 Å². The van der Waals surface area contributed by atoms with Crippen molar-refractivity contribution in [1.29, 1.82) is 0 Å². The van der Waals surface area contributed by atoms with Gasteiger partial charge in [0.05, 0.1) is 12.0 Å². The Morgan fingerprint density at radius 3 is 2.63 bits per heavy atom. The molecule has 1 aromatic carbocycles. The van der Waals surface area contributed by atoms with Crippen LogP contribution in [0, 0.1) is 19.3 Å². The van der Waals surface area contributed by atoms with Crippen LogP contribution in [0.1, 0.15) is 36.0 Å². The van der Waals surface area contributed by atoms with E-state index in [1.54, 1.807) is 0 Å². The van der Waals surface area contributed by atoms with Gasteiger partial charge >= 0.3 is 0 Å². The zero-order chi connectivity index (χ0) is 13.9. The minimum atomic E-state index is -0.484. The van der Waals surface area contributed by atoms with Crippen LogP contribution in [0.15, 0.2) is 18.2 Å². The summed E-state index contributed by atoms with van der Waals surface area (Å²) in [5.74, 6) is 0.0195. The van der Waals surface area contributed by atoms with Crippen molar-refractivity contribution in [2.45, 2.75) is 39.5 Å². The Kier molecular flexibility index (Phi) is 4.25. The molecule has 0 spiro atoms. The summed E-state index contributed by atoms with van der Waals surface area (Å²) in [6, 6.07) is 6.39. The third kappa shape index (κ3) is 2.98. The molecule has 1 aromatic rings. The zero-order valence-corrected chi connectivity index (χ0v) is 11.8. The van der Waals surface area contributed by atoms with Crippen molar-refractivity contribution in [3.05, 3.63) is 34.9 Å². The van der Waals surface area contributed by atoms with Crippen molar-refractivity contribution >= 4 is 5.91 Å². The van der Waals surface area contributed by atoms with Crippen molar-refractivity contribution in [3.8, 4) is 0 Å². The molecule has 0 atom stereocenters. The largest absolute Gasteiger partial charge is 0.395 e. The van der Waals surface area contributed by atoms with Crippen molar-refractivity contribution in [2.75, 3.05) is 13.2 Å². The molecule has 1 aliphatic carbocycles. The van der Waals surface area contributed by atoms with Gasteiger partial charge in [-0.25, -0.2) is 0 Å². The van der Waals surface area contributed by atoms with E-state index in [2.05, 4.69) is 37.4 Å². The number of aliphatic hydroxyl groups is 1. The first kappa shape index (κ1) is 14.1. The number of nitrogens with one attached hydrogen (secondary N) is 1. The summed E-state index contributed by atoms with van der Waals surface area (Å²) >= 11 is 0. The SMILES string of the molecule is Cc1ccc(CCNC(=O)C2(CO)CCC2)c(C)c1. The number of aryl methyl sites for hydroxylation is 2. The highest BCUT2D eigenvalue weighted by atomic mass is 16.3. The second-order valence-electron chi connectivity index (χ2n) is 5.73. The summed E-state index contributed by atoms with van der Waals surface area (Å²) in [7, 11) is 0. The highest BCUT2D eigenvalue weighted by Crippen LogP contribution is 2.40. The molecule has 104 valence electrons. The van der Waals surface area contributed by atoms with Gasteiger partial charge in [-0.15, -0.1) is 0 Å². The predicted octanol–water partition coefficient (Wildman–Crippen LogP) is 2.12. The molecule has 0 heterocycles. The van der Waals surface area contributed by atoms with E-state index in [9.17, 15) is 9.90 Å². The van der Waals surface area contributed by atoms with E-state index >= 15 is 0 Å². The predicted molar refractivity (Wildman–Crippen MR) is 76.0 cm³/mol. The Bertz CT molecular complexity index is 458. The maximum Gasteiger partial charge on any atom is 0.228 e. The Labute approximate surface area is 115 Å². The molecule has 0 aliphatic heterocycles. The molecule has 0 aromatic heterocycles. The van der Waals surface area contributed by atoms with E-state index in [4.69, 9.17) is 0 Å². The third-order valence-corrected chi connectivity index (χ3v) is 4.27. The first-order valence-corrected chi connectivity index (χ1v) is 7.03. The van der Waals surface area contributed by atoms with Crippen molar-refractivity contribution in [1.82, 2.24) is 5.32 Å². The van der Waals surface area contributed by atoms with Crippen LogP contribution in [0.3, 0.4) is 0 Å². The average Bonchev–Trinajstić information content (AvgIpc) is 2.31. The van der Waals surface area contributed by atoms with E-state index in [1.165, 1.54) is 16.7 Å². The maximum atomic E-state index is 12.0. The number of hydrogen-bond donors (Lipinski definition) is 2. The summed E-state index contributed by atoms with van der Waals surface area (Å²) in [5, 5.41) is 12.3. The quantitative estimate of drug-likeness (QED) is 0.853. The van der Waals surface area contributed by atoms with Gasteiger partial charge in [-0.1, -0.05) is 30.2 Å². The Hall–Kier alpha value is -1.35. The van der Waals surface area contributed by atoms with Crippen molar-refractivity contribution in [3.63, 3.8) is 0 Å². The second kappa shape index (κ2) is 5.74. The van der Waals surface area contributed by atoms with Crippen LogP contribution in [0.4, 0.5) is 0 Å². The van der Waals surface area contributed by atoms with E-state index in [0.29, 0.717) is 6.54 Å². The molecule has 1 saturated carbocycles. The molecule has 0 saturated heterocycles. The number of benzene rings is 1. The monoisotopic (exact) mass is 261 g/mol. The van der Waals surface area contributed by atoms with Crippen LogP contribution in [0.2, 0.25) is 0 Å². The van der Waals surface area contributed by atoms with Crippen LogP contribution >= 0.6 is 0 Å². The fourth-order valence-electron chi connectivity index (χ4n) is 2.69. The minimum absolute atomic E-state index is 0.0195. The topological polar surface area (TPSA) is 49.3 Å². The normalized spacial score (nSPS) is 16.8. The molecule has 0 radical (unpaired) electrons. The van der Waals surface area contributed by atoms with Crippen LogP contribution in [0.5, 0.6) is 0 Å². The summed E-state index contributed by atoms with van der Waals surface area (Å²) in [5.41, 5.74) is 3.33. The number of carbonyl (C=O) groups is 1. The summed E-state index contributed by atoms with van der Waals surface area (Å²) < 4.78 is 0. The lowest BCUT2D eigenvalue weighted by atomic mass is 9.68. The summed E-state index contributed by atoms with van der Waals surface area (Å²) in [4.78, 5) is 12.0. The lowest BCUT2D eigenvalue weighted by Gasteiger charge is -2.38. The second-order valence-corrected chi connectivity index (χ2v) is 5.73. The smallest absolute Gasteiger partial charge is 0.228 e. The summed E-state index contributed by atoms with van der Waals surface area (Å²) in [6.07, 6.45) is 3.53. The fourth-order valence-corrected chi connectivity index (χ4v) is 2.69. The Balaban J connectivity index is 1.85. The first-order chi connectivity index (χ1) is 9.07. The highest BCUT2D eigenvalue weighted by Gasteiger charge is 2.43. The van der Waals surface area contributed by atoms with E-state index < -0.39 is 5.41 Å². The molecule has 2 rings (SSSR count). The Morgan fingerprint density at radius 1 is 1.37 bits per heavy atom. The molecule has 3 heteroatoms. The number of hydrogen-bond acceptors (Lipinski definition) is 2. The van der Waals surface area contributed by atoms with E-state index in [-0.39, 0.29) is 12.5 Å². The maximum absolute atomic E-state index is 12.0. The molecule has 1 aliphatic rings. The lowest BCUT2D eigenvalue weighted by molar-refractivity contribution is -0.139. The molecule has 1 amide bonds. The van der Waals surface area contributed by atoms with Crippen LogP contribution < -0.4 is 5.32 Å². The molecular formula is C16H23NO2. The van der Waals surface area contributed by atoms with Crippen LogP contribution in [-0.4, -0.2) is 24.2 Å². The van der Waals surface area contributed by atoms with Gasteiger partial charge in [0.15, 0.2) is 0 Å². The molecule has 19 heavy (non-hydrogen) atoms. The number of rotatable bonds is 5. The van der Waals surface area contributed by atoms with Gasteiger partial charge in [-0.3, -0.25) is 4.79 Å². The van der Waals surface area contributed by atoms with Gasteiger partial charge < -0.3 is 10.4 Å². The highest BCUT2D eigenvalue weighted by molar-refractivity contribution is 5.83. The summed E-state index contributed by atoms with van der Waals surface area (Å²) in [6.45, 7) is 4.80. The van der Waals surface area contributed by atoms with E-state index in [0.717, 1.165) is 25.7 Å². The van der Waals surface area contributed by atoms with Gasteiger partial charge in [0, 0.05) is 6.54 Å². The van der Waals surface area contributed by atoms with Gasteiger partial charge in [-0.05, 0) is 44.2 Å². The van der Waals surface area contributed by atoms with Crippen molar-refractivity contribution < 1.29 is 9.90 Å². The third-order valence-electron chi connectivity index (χ3n) is 4.27. The van der Waals surface area contributed by atoms with Gasteiger partial charge in [-0.2, -0.15) is 0 Å². The molecule has 3 nitrogen and oxygen atoms in total. The molecular weight excluding hydrogens is 238 g/mol. The standard InChI is InChI=1S/C16H23NO2/c1-12-4-5-14(13(2)10-12)6-9-17-15(19)16(11-18)7-3-8-16/h4-5,10,18H,3,6-9,11H2,1-2H3,(H,17,19). The first-order valence-electron chi connectivity index (χ1n) is 7.03. The lowest BCUT2D eigenvalue weighted by Crippen LogP contribution is -2.48. The molecule has 0 unspecified atom stereocenters. The van der Waals surface area contributed by atoms with E-state index in [1.807, 2.05) is 0 Å². The Morgan fingerprint density at radius 2 is 2.11 bits per heavy atom.